The second-order valence-electron chi connectivity index (χ2n) is 13.0. The fourth-order valence-electron chi connectivity index (χ4n) is 7.71. The summed E-state index contributed by atoms with van der Waals surface area (Å²) in [6, 6.07) is 6.14. The van der Waals surface area contributed by atoms with Crippen molar-refractivity contribution in [3.8, 4) is 23.2 Å². The topological polar surface area (TPSA) is 142 Å². The van der Waals surface area contributed by atoms with E-state index in [0.717, 1.165) is 37.1 Å². The number of nitrogen functional groups attached to an aromatic ring is 1. The van der Waals surface area contributed by atoms with E-state index >= 15 is 4.39 Å². The summed E-state index contributed by atoms with van der Waals surface area (Å²) in [5.74, 6) is -0.905. The van der Waals surface area contributed by atoms with Gasteiger partial charge in [-0.25, -0.2) is 18.6 Å². The van der Waals surface area contributed by atoms with Crippen LogP contribution in [0.15, 0.2) is 30.9 Å². The van der Waals surface area contributed by atoms with E-state index in [1.165, 1.54) is 29.5 Å². The number of amides is 1. The average molecular weight is 705 g/mol. The maximum atomic E-state index is 17.1. The van der Waals surface area contributed by atoms with Crippen LogP contribution in [0.5, 0.6) is 6.01 Å². The monoisotopic (exact) mass is 704 g/mol. The van der Waals surface area contributed by atoms with Gasteiger partial charge in [-0.1, -0.05) is 17.7 Å². The second kappa shape index (κ2) is 11.7. The van der Waals surface area contributed by atoms with Gasteiger partial charge in [-0.05, 0) is 63.9 Å². The second-order valence-corrected chi connectivity index (χ2v) is 14.4. The van der Waals surface area contributed by atoms with Crippen LogP contribution in [0.4, 0.5) is 24.4 Å². The average Bonchev–Trinajstić information content (AvgIpc) is 3.88. The molecule has 2 aromatic carbocycles. The number of hydrogen-bond donors (Lipinski definition) is 1. The number of ether oxygens (including phenoxy) is 1. The normalized spacial score (nSPS) is 21.5. The van der Waals surface area contributed by atoms with Gasteiger partial charge >= 0.3 is 12.0 Å². The summed E-state index contributed by atoms with van der Waals surface area (Å²) in [4.78, 5) is 32.7. The van der Waals surface area contributed by atoms with Gasteiger partial charge in [0.15, 0.2) is 5.82 Å². The van der Waals surface area contributed by atoms with Crippen LogP contribution in [0.3, 0.4) is 0 Å². The molecule has 1 spiro atoms. The molecule has 8 rings (SSSR count). The predicted octanol–water partition coefficient (Wildman–Crippen LogP) is 5.67. The fourth-order valence-corrected chi connectivity index (χ4v) is 8.96. The molecule has 1 unspecified atom stereocenters. The van der Waals surface area contributed by atoms with Gasteiger partial charge in [0.2, 0.25) is 0 Å². The molecule has 2 N–H and O–H groups in total. The fraction of sp³-hybridized carbons (Fsp3) is 0.394. The third-order valence-corrected chi connectivity index (χ3v) is 11.6. The molecule has 49 heavy (non-hydrogen) atoms. The highest BCUT2D eigenvalue weighted by atomic mass is 35.5. The molecule has 3 aliphatic heterocycles. The van der Waals surface area contributed by atoms with Gasteiger partial charge in [-0.15, -0.1) is 11.3 Å². The Hall–Kier alpha value is -4.65. The van der Waals surface area contributed by atoms with E-state index in [4.69, 9.17) is 27.1 Å². The number of nitrogens with zero attached hydrogens (tertiary/aromatic N) is 9. The Bertz CT molecular complexity index is 2190. The summed E-state index contributed by atoms with van der Waals surface area (Å²) in [6.45, 7) is 4.45. The number of likely N-dealkylation sites (N-methyl/N-ethyl adjacent to an activating group) is 1. The van der Waals surface area contributed by atoms with E-state index in [0.29, 0.717) is 37.3 Å². The molecule has 0 saturated carbocycles. The summed E-state index contributed by atoms with van der Waals surface area (Å²) in [6.07, 6.45) is 5.85. The molecule has 3 aromatic heterocycles. The molecular weight excluding hydrogens is 674 g/mol. The minimum Gasteiger partial charge on any atom is -0.459 e. The molecule has 16 heteroatoms. The van der Waals surface area contributed by atoms with Crippen LogP contribution in [-0.4, -0.2) is 91.5 Å². The van der Waals surface area contributed by atoms with Crippen molar-refractivity contribution in [3.05, 3.63) is 53.1 Å². The Morgan fingerprint density at radius 1 is 1.24 bits per heavy atom. The van der Waals surface area contributed by atoms with Gasteiger partial charge in [-0.3, -0.25) is 4.90 Å². The number of fused-ring (bicyclic) bond motifs is 2. The van der Waals surface area contributed by atoms with Crippen LogP contribution in [0.25, 0.3) is 32.1 Å². The van der Waals surface area contributed by atoms with Crippen molar-refractivity contribution in [2.24, 2.45) is 0 Å². The lowest BCUT2D eigenvalue weighted by Crippen LogP contribution is -2.64. The highest BCUT2D eigenvalue weighted by Crippen LogP contribution is 2.47. The third kappa shape index (κ3) is 4.95. The Labute approximate surface area is 288 Å². The highest BCUT2D eigenvalue weighted by molar-refractivity contribution is 7.23. The van der Waals surface area contributed by atoms with Crippen LogP contribution < -0.4 is 15.4 Å². The van der Waals surface area contributed by atoms with Crippen molar-refractivity contribution in [1.29, 1.82) is 5.26 Å². The van der Waals surface area contributed by atoms with Gasteiger partial charge in [0.05, 0.1) is 20.8 Å². The van der Waals surface area contributed by atoms with Gasteiger partial charge in [0.25, 0.3) is 0 Å². The Morgan fingerprint density at radius 3 is 2.76 bits per heavy atom. The number of benzene rings is 2. The zero-order valence-electron chi connectivity index (χ0n) is 26.7. The number of nitriles is 1. The summed E-state index contributed by atoms with van der Waals surface area (Å²) in [5.41, 5.74) is 5.84. The summed E-state index contributed by atoms with van der Waals surface area (Å²) >= 11 is 7.81. The number of rotatable bonds is 5. The first kappa shape index (κ1) is 31.6. The number of thiophene rings is 1. The molecule has 3 saturated heterocycles. The Balaban J connectivity index is 1.26. The molecule has 0 radical (unpaired) electrons. The third-order valence-electron chi connectivity index (χ3n) is 10.3. The smallest absolute Gasteiger partial charge is 0.346 e. The summed E-state index contributed by atoms with van der Waals surface area (Å²) in [5, 5.41) is 14.6. The van der Waals surface area contributed by atoms with Gasteiger partial charge in [0, 0.05) is 42.0 Å². The SMILES string of the molecule is C[C@H](Oc1nc(N2CCC3(CCN3C(=O)n3cncn3)C2)c2cc(Cl)c(-c3ccc(F)c4sc(N)c(C#N)c34)c(F)c2n1)[C@@H]1CCCN1C. The van der Waals surface area contributed by atoms with Gasteiger partial charge in [0.1, 0.15) is 47.0 Å². The van der Waals surface area contributed by atoms with Crippen molar-refractivity contribution < 1.29 is 18.3 Å². The van der Waals surface area contributed by atoms with E-state index in [1.807, 2.05) is 24.9 Å². The number of halogens is 3. The Kier molecular flexibility index (Phi) is 7.58. The number of carbonyl (C=O) groups is 1. The van der Waals surface area contributed by atoms with Gasteiger partial charge in [-0.2, -0.15) is 25.0 Å². The molecule has 3 aliphatic rings. The lowest BCUT2D eigenvalue weighted by atomic mass is 9.84. The van der Waals surface area contributed by atoms with Crippen molar-refractivity contribution in [2.75, 3.05) is 43.9 Å². The molecule has 5 aromatic rings. The lowest BCUT2D eigenvalue weighted by Gasteiger charge is -2.50. The van der Waals surface area contributed by atoms with Crippen molar-refractivity contribution in [2.45, 2.75) is 50.3 Å². The van der Waals surface area contributed by atoms with Crippen LogP contribution in [0.2, 0.25) is 5.02 Å². The molecule has 3 atom stereocenters. The molecule has 12 nitrogen and oxygen atoms in total. The Morgan fingerprint density at radius 2 is 2.06 bits per heavy atom. The summed E-state index contributed by atoms with van der Waals surface area (Å²) < 4.78 is 39.7. The maximum Gasteiger partial charge on any atom is 0.346 e. The molecule has 6 heterocycles. The minimum atomic E-state index is -0.760. The first-order valence-corrected chi connectivity index (χ1v) is 17.2. The van der Waals surface area contributed by atoms with Crippen LogP contribution in [-0.2, 0) is 0 Å². The maximum absolute atomic E-state index is 17.1. The standard InChI is InChI=1S/C33H31ClF2N10O2S/c1-17(23-4-3-9-43(23)2)48-31-41-27-19(30(42-31)44-10-7-33(14-44)8-11-45(33)32(47)46-16-39-15-40-46)12-21(34)25(26(27)36)18-5-6-22(35)28-24(18)20(13-37)29(38)49-28/h5-6,12,15-17,23H,3-4,7-11,14,38H2,1-2H3/t17-,23-,33?/m0/s1. The van der Waals surface area contributed by atoms with Crippen LogP contribution >= 0.6 is 22.9 Å². The zero-order chi connectivity index (χ0) is 34.2. The van der Waals surface area contributed by atoms with Crippen molar-refractivity contribution in [3.63, 3.8) is 0 Å². The zero-order valence-corrected chi connectivity index (χ0v) is 28.2. The molecule has 0 bridgehead atoms. The number of anilines is 2. The largest absolute Gasteiger partial charge is 0.459 e. The van der Waals surface area contributed by atoms with Gasteiger partial charge < -0.3 is 20.3 Å². The molecule has 3 fully saturated rings. The van der Waals surface area contributed by atoms with E-state index in [-0.39, 0.29) is 66.5 Å². The van der Waals surface area contributed by atoms with Crippen molar-refractivity contribution in [1.82, 2.24) is 34.5 Å². The number of carbonyl (C=O) groups excluding carboxylic acids is 1. The first-order chi connectivity index (χ1) is 23.6. The van der Waals surface area contributed by atoms with Crippen molar-refractivity contribution >= 4 is 60.8 Å². The van der Waals surface area contributed by atoms with E-state index in [1.54, 1.807) is 11.0 Å². The number of likely N-dealkylation sites (tertiary alicyclic amines) is 2. The van der Waals surface area contributed by atoms with Crippen LogP contribution in [0, 0.1) is 23.0 Å². The summed E-state index contributed by atoms with van der Waals surface area (Å²) in [7, 11) is 2.04. The number of nitrogens with two attached hydrogens (primary N) is 1. The lowest BCUT2D eigenvalue weighted by molar-refractivity contribution is 0.0400. The predicted molar refractivity (Wildman–Crippen MR) is 182 cm³/mol. The highest BCUT2D eigenvalue weighted by Gasteiger charge is 2.52. The molecule has 1 amide bonds. The number of aromatic nitrogens is 5. The van der Waals surface area contributed by atoms with E-state index in [9.17, 15) is 14.4 Å². The minimum absolute atomic E-state index is 0.00863. The molecule has 0 aliphatic carbocycles. The quantitative estimate of drug-likeness (QED) is 0.243. The molecular formula is C33H31ClF2N10O2S. The van der Waals surface area contributed by atoms with Crippen LogP contribution in [0.1, 0.15) is 38.2 Å². The van der Waals surface area contributed by atoms with E-state index < -0.39 is 17.2 Å². The number of hydrogen-bond acceptors (Lipinski definition) is 11. The molecule has 252 valence electrons. The first-order valence-electron chi connectivity index (χ1n) is 16.0. The van der Waals surface area contributed by atoms with E-state index in [2.05, 4.69) is 20.0 Å².